The molecule has 0 unspecified atom stereocenters. The molecule has 2 nitrogen and oxygen atoms in total. The third-order valence-corrected chi connectivity index (χ3v) is 4.67. The Balaban J connectivity index is 0.000000185. The molecule has 5 rings (SSSR count). The third kappa shape index (κ3) is 5.30. The van der Waals surface area contributed by atoms with Crippen molar-refractivity contribution in [3.8, 4) is 5.75 Å². The second-order valence-corrected chi connectivity index (χ2v) is 6.07. The quantitative estimate of drug-likeness (QED) is 0.585. The Morgan fingerprint density at radius 1 is 1.14 bits per heavy atom. The molecule has 21 heavy (non-hydrogen) atoms. The van der Waals surface area contributed by atoms with Gasteiger partial charge in [-0.25, -0.2) is 0 Å². The summed E-state index contributed by atoms with van der Waals surface area (Å²) in [5.41, 5.74) is 0. The molecule has 0 N–H and O–H groups in total. The van der Waals surface area contributed by atoms with Crippen LogP contribution in [0.3, 0.4) is 0 Å². The zero-order chi connectivity index (χ0) is 14.4. The van der Waals surface area contributed by atoms with E-state index < -0.39 is 0 Å². The average Bonchev–Trinajstić information content (AvgIpc) is 2.49. The standard InChI is InChI=1S/C10H15.C7H7O.CH2O.Mg/c1-7-2-9-4-8(1)5-10(3-7)6-9;1-8-7-5-3-2-4-6-7;1-2;/h1,7-10H,2-6H2;2-3,5-6H,1H3;1H2;/q2*-1;;+2. The number of rotatable bonds is 1. The van der Waals surface area contributed by atoms with Crippen molar-refractivity contribution in [2.75, 3.05) is 7.11 Å². The van der Waals surface area contributed by atoms with Crippen LogP contribution < -0.4 is 4.74 Å². The molecule has 110 valence electrons. The minimum absolute atomic E-state index is 0. The number of hydrogen-bond acceptors (Lipinski definition) is 2. The summed E-state index contributed by atoms with van der Waals surface area (Å²) in [4.78, 5) is 8.00. The molecule has 4 aliphatic carbocycles. The Bertz CT molecular complexity index is 337. The number of hydrogen-bond donors (Lipinski definition) is 0. The number of carbonyl (C=O) groups is 1. The predicted octanol–water partition coefficient (Wildman–Crippen LogP) is 3.58. The first kappa shape index (κ1) is 18.5. The first-order chi connectivity index (χ1) is 9.83. The monoisotopic (exact) mass is 296 g/mol. The Kier molecular flexibility index (Phi) is 8.34. The first-order valence-corrected chi connectivity index (χ1v) is 7.47. The smallest absolute Gasteiger partial charge is 0.554 e. The van der Waals surface area contributed by atoms with Gasteiger partial charge in [0.1, 0.15) is 6.79 Å². The summed E-state index contributed by atoms with van der Waals surface area (Å²) in [5.74, 6) is 5.25. The van der Waals surface area contributed by atoms with Crippen molar-refractivity contribution in [3.05, 3.63) is 36.8 Å². The van der Waals surface area contributed by atoms with Crippen LogP contribution in [-0.4, -0.2) is 37.0 Å². The summed E-state index contributed by atoms with van der Waals surface area (Å²) in [6, 6.07) is 10.3. The van der Waals surface area contributed by atoms with Crippen LogP contribution in [0.25, 0.3) is 0 Å². The topological polar surface area (TPSA) is 26.3 Å². The van der Waals surface area contributed by atoms with Crippen LogP contribution in [0.4, 0.5) is 0 Å². The Morgan fingerprint density at radius 2 is 1.71 bits per heavy atom. The molecule has 4 saturated carbocycles. The fourth-order valence-corrected chi connectivity index (χ4v) is 4.16. The normalized spacial score (nSPS) is 30.9. The Labute approximate surface area is 144 Å². The SMILES string of the molecule is C=O.COc1c[c-]ccc1.[CH-]1C2CC3CC1CC(C2)C3.[Mg+2]. The van der Waals surface area contributed by atoms with E-state index in [2.05, 4.69) is 12.5 Å². The molecule has 3 heteroatoms. The second-order valence-electron chi connectivity index (χ2n) is 6.07. The molecular weight excluding hydrogens is 273 g/mol. The van der Waals surface area contributed by atoms with Crippen molar-refractivity contribution in [1.29, 1.82) is 0 Å². The molecule has 0 radical (unpaired) electrons. The summed E-state index contributed by atoms with van der Waals surface area (Å²) in [5, 5.41) is 0. The molecule has 0 aromatic heterocycles. The Morgan fingerprint density at radius 3 is 2.05 bits per heavy atom. The van der Waals surface area contributed by atoms with E-state index in [1.54, 1.807) is 45.3 Å². The minimum Gasteiger partial charge on any atom is -0.554 e. The molecule has 0 amide bonds. The summed E-state index contributed by atoms with van der Waals surface area (Å²) in [7, 11) is 1.64. The van der Waals surface area contributed by atoms with E-state index in [1.165, 1.54) is 0 Å². The average molecular weight is 297 g/mol. The van der Waals surface area contributed by atoms with Gasteiger partial charge in [-0.15, -0.1) is 12.1 Å². The van der Waals surface area contributed by atoms with E-state index in [9.17, 15) is 0 Å². The van der Waals surface area contributed by atoms with Crippen molar-refractivity contribution in [3.63, 3.8) is 0 Å². The zero-order valence-electron chi connectivity index (χ0n) is 13.0. The number of ether oxygens (including phenoxy) is 1. The summed E-state index contributed by atoms with van der Waals surface area (Å²) in [6.45, 7) is 2.00. The van der Waals surface area contributed by atoms with Crippen LogP contribution in [0.15, 0.2) is 24.3 Å². The minimum atomic E-state index is 0. The van der Waals surface area contributed by atoms with Crippen molar-refractivity contribution in [2.45, 2.75) is 32.1 Å². The summed E-state index contributed by atoms with van der Waals surface area (Å²) >= 11 is 0. The van der Waals surface area contributed by atoms with Crippen LogP contribution in [0.1, 0.15) is 32.1 Å². The molecule has 0 atom stereocenters. The second kappa shape index (κ2) is 9.47. The molecule has 4 aliphatic rings. The summed E-state index contributed by atoms with van der Waals surface area (Å²) < 4.78 is 4.88. The van der Waals surface area contributed by atoms with Crippen molar-refractivity contribution >= 4 is 29.8 Å². The molecule has 0 saturated heterocycles. The van der Waals surface area contributed by atoms with Gasteiger partial charge in [0.2, 0.25) is 0 Å². The third-order valence-electron chi connectivity index (χ3n) is 4.67. The maximum absolute atomic E-state index is 8.00. The van der Waals surface area contributed by atoms with Crippen molar-refractivity contribution in [1.82, 2.24) is 0 Å². The van der Waals surface area contributed by atoms with Crippen LogP contribution in [0.2, 0.25) is 0 Å². The van der Waals surface area contributed by atoms with Crippen LogP contribution in [-0.2, 0) is 4.79 Å². The van der Waals surface area contributed by atoms with Crippen LogP contribution >= 0.6 is 0 Å². The predicted molar refractivity (Wildman–Crippen MR) is 86.1 cm³/mol. The number of carbonyl (C=O) groups excluding carboxylic acids is 1. The van der Waals surface area contributed by atoms with Gasteiger partial charge in [0.15, 0.2) is 0 Å². The van der Waals surface area contributed by atoms with E-state index in [0.29, 0.717) is 0 Å². The van der Waals surface area contributed by atoms with Crippen molar-refractivity contribution < 1.29 is 9.53 Å². The number of methoxy groups -OCH3 is 1. The van der Waals surface area contributed by atoms with Crippen LogP contribution in [0, 0.1) is 36.2 Å². The maximum atomic E-state index is 8.00. The molecule has 4 bridgehead atoms. The molecular formula is C18H24MgO2. The molecule has 4 fully saturated rings. The maximum Gasteiger partial charge on any atom is 2.00 e. The Hall–Kier alpha value is -0.544. The van der Waals surface area contributed by atoms with Gasteiger partial charge in [0.05, 0.1) is 7.11 Å². The fourth-order valence-electron chi connectivity index (χ4n) is 4.16. The van der Waals surface area contributed by atoms with Crippen LogP contribution in [0.5, 0.6) is 5.75 Å². The van der Waals surface area contributed by atoms with Crippen molar-refractivity contribution in [2.24, 2.45) is 23.7 Å². The summed E-state index contributed by atoms with van der Waals surface area (Å²) in [6.07, 6.45) is 10.4. The van der Waals surface area contributed by atoms with E-state index >= 15 is 0 Å². The molecule has 1 aromatic rings. The van der Waals surface area contributed by atoms with E-state index in [-0.39, 0.29) is 23.1 Å². The molecule has 1 aromatic carbocycles. The van der Waals surface area contributed by atoms with Gasteiger partial charge >= 0.3 is 23.1 Å². The molecule has 0 heterocycles. The van der Waals surface area contributed by atoms with Gasteiger partial charge < -0.3 is 16.0 Å². The fraction of sp³-hybridized carbons (Fsp3) is 0.556. The van der Waals surface area contributed by atoms with E-state index in [0.717, 1.165) is 29.4 Å². The first-order valence-electron chi connectivity index (χ1n) is 7.47. The molecule has 0 aliphatic heterocycles. The van der Waals surface area contributed by atoms with Gasteiger partial charge in [0.25, 0.3) is 0 Å². The largest absolute Gasteiger partial charge is 2.00 e. The van der Waals surface area contributed by atoms with Gasteiger partial charge in [-0.05, 0) is 18.3 Å². The van der Waals surface area contributed by atoms with Gasteiger partial charge in [-0.1, -0.05) is 25.7 Å². The van der Waals surface area contributed by atoms with E-state index in [4.69, 9.17) is 9.53 Å². The number of benzene rings is 1. The van der Waals surface area contributed by atoms with E-state index in [1.807, 2.05) is 25.0 Å². The van der Waals surface area contributed by atoms with Gasteiger partial charge in [-0.3, -0.25) is 0 Å². The van der Waals surface area contributed by atoms with Gasteiger partial charge in [-0.2, -0.15) is 30.0 Å². The van der Waals surface area contributed by atoms with Gasteiger partial charge in [0, 0.05) is 5.75 Å². The zero-order valence-corrected chi connectivity index (χ0v) is 14.4. The molecule has 0 spiro atoms.